The van der Waals surface area contributed by atoms with Gasteiger partial charge in [0.05, 0.1) is 17.2 Å². The summed E-state index contributed by atoms with van der Waals surface area (Å²) in [5.41, 5.74) is 1.20. The van der Waals surface area contributed by atoms with Crippen LogP contribution >= 0.6 is 0 Å². The Kier molecular flexibility index (Phi) is 4.20. The maximum atomic E-state index is 12.8. The smallest absolute Gasteiger partial charge is 0.269 e. The summed E-state index contributed by atoms with van der Waals surface area (Å²) in [5.74, 6) is 1.30. The van der Waals surface area contributed by atoms with E-state index in [9.17, 15) is 9.59 Å². The molecule has 1 aliphatic rings. The first-order chi connectivity index (χ1) is 11.0. The number of para-hydroxylation sites is 2. The predicted molar refractivity (Wildman–Crippen MR) is 90.1 cm³/mol. The van der Waals surface area contributed by atoms with Gasteiger partial charge in [-0.3, -0.25) is 14.2 Å². The van der Waals surface area contributed by atoms with E-state index in [4.69, 9.17) is 0 Å². The van der Waals surface area contributed by atoms with Crippen molar-refractivity contribution in [3.8, 4) is 0 Å². The average Bonchev–Trinajstić information content (AvgIpc) is 3.22. The Balaban J connectivity index is 1.86. The topological polar surface area (TPSA) is 55.2 Å². The maximum absolute atomic E-state index is 12.8. The van der Waals surface area contributed by atoms with Crippen molar-refractivity contribution in [2.45, 2.75) is 39.8 Å². The molecular formula is C18H23N3O2. The summed E-state index contributed by atoms with van der Waals surface area (Å²) in [6, 6.07) is 7.55. The Morgan fingerprint density at radius 2 is 2.09 bits per heavy atom. The van der Waals surface area contributed by atoms with Crippen LogP contribution in [0.1, 0.15) is 27.2 Å². The first kappa shape index (κ1) is 15.7. The molecule has 5 nitrogen and oxygen atoms in total. The number of rotatable bonds is 5. The third-order valence-electron chi connectivity index (χ3n) is 4.70. The van der Waals surface area contributed by atoms with Gasteiger partial charge in [0.2, 0.25) is 5.91 Å². The zero-order chi connectivity index (χ0) is 16.6. The summed E-state index contributed by atoms with van der Waals surface area (Å²) in [6.45, 7) is 7.13. The zero-order valence-corrected chi connectivity index (χ0v) is 13.9. The number of benzene rings is 1. The van der Waals surface area contributed by atoms with Gasteiger partial charge in [0.25, 0.3) is 5.56 Å². The van der Waals surface area contributed by atoms with Gasteiger partial charge in [-0.05, 0) is 44.2 Å². The fraction of sp³-hybridized carbons (Fsp3) is 0.500. The molecule has 0 radical (unpaired) electrons. The molecule has 1 fully saturated rings. The Morgan fingerprint density at radius 1 is 1.39 bits per heavy atom. The van der Waals surface area contributed by atoms with Crippen LogP contribution in [-0.2, 0) is 11.3 Å². The van der Waals surface area contributed by atoms with E-state index in [1.54, 1.807) is 0 Å². The monoisotopic (exact) mass is 313 g/mol. The van der Waals surface area contributed by atoms with Gasteiger partial charge in [-0.25, -0.2) is 4.98 Å². The molecule has 2 aromatic rings. The molecule has 1 aliphatic carbocycles. The summed E-state index contributed by atoms with van der Waals surface area (Å²) >= 11 is 0. The lowest BCUT2D eigenvalue weighted by Gasteiger charge is -2.27. The number of carbonyl (C=O) groups excluding carboxylic acids is 1. The minimum Gasteiger partial charge on any atom is -0.338 e. The van der Waals surface area contributed by atoms with Crippen molar-refractivity contribution in [1.29, 1.82) is 0 Å². The van der Waals surface area contributed by atoms with Crippen LogP contribution in [0.25, 0.3) is 11.0 Å². The van der Waals surface area contributed by atoms with E-state index in [0.29, 0.717) is 17.4 Å². The summed E-state index contributed by atoms with van der Waals surface area (Å²) in [7, 11) is 0. The lowest BCUT2D eigenvalue weighted by atomic mass is 10.2. The van der Waals surface area contributed by atoms with Gasteiger partial charge in [0.1, 0.15) is 6.54 Å². The van der Waals surface area contributed by atoms with Crippen molar-refractivity contribution in [3.63, 3.8) is 0 Å². The normalized spacial score (nSPS) is 20.0. The standard InChI is InChI=1S/C18H23N3O2/c1-12(2)20(10-14-8-13(14)3)18(23)11-21-16-7-5-4-6-15(16)19-9-17(21)22/h4-7,9,12-14H,8,10-11H2,1-3H3. The van der Waals surface area contributed by atoms with Crippen LogP contribution in [0.15, 0.2) is 35.3 Å². The van der Waals surface area contributed by atoms with Gasteiger partial charge in [-0.1, -0.05) is 19.1 Å². The lowest BCUT2D eigenvalue weighted by molar-refractivity contribution is -0.133. The van der Waals surface area contributed by atoms with Crippen molar-refractivity contribution >= 4 is 16.9 Å². The highest BCUT2D eigenvalue weighted by molar-refractivity contribution is 5.80. The van der Waals surface area contributed by atoms with Crippen LogP contribution in [0.3, 0.4) is 0 Å². The average molecular weight is 313 g/mol. The molecule has 1 amide bonds. The first-order valence-electron chi connectivity index (χ1n) is 8.21. The van der Waals surface area contributed by atoms with Gasteiger partial charge in [-0.2, -0.15) is 0 Å². The van der Waals surface area contributed by atoms with Crippen molar-refractivity contribution in [2.24, 2.45) is 11.8 Å². The molecule has 0 aliphatic heterocycles. The third-order valence-corrected chi connectivity index (χ3v) is 4.70. The fourth-order valence-corrected chi connectivity index (χ4v) is 3.01. The number of hydrogen-bond donors (Lipinski definition) is 0. The summed E-state index contributed by atoms with van der Waals surface area (Å²) < 4.78 is 1.52. The number of carbonyl (C=O) groups is 1. The summed E-state index contributed by atoms with van der Waals surface area (Å²) in [6.07, 6.45) is 2.48. The Morgan fingerprint density at radius 3 is 2.74 bits per heavy atom. The molecule has 5 heteroatoms. The third kappa shape index (κ3) is 3.28. The molecular weight excluding hydrogens is 290 g/mol. The second-order valence-electron chi connectivity index (χ2n) is 6.78. The van der Waals surface area contributed by atoms with Crippen LogP contribution in [0.2, 0.25) is 0 Å². The van der Waals surface area contributed by atoms with E-state index in [-0.39, 0.29) is 24.1 Å². The van der Waals surface area contributed by atoms with Crippen LogP contribution in [0, 0.1) is 11.8 Å². The highest BCUT2D eigenvalue weighted by Gasteiger charge is 2.35. The molecule has 1 saturated carbocycles. The fourth-order valence-electron chi connectivity index (χ4n) is 3.01. The van der Waals surface area contributed by atoms with Crippen LogP contribution in [-0.4, -0.2) is 32.9 Å². The number of hydrogen-bond acceptors (Lipinski definition) is 3. The van der Waals surface area contributed by atoms with Crippen LogP contribution in [0.4, 0.5) is 0 Å². The molecule has 0 spiro atoms. The van der Waals surface area contributed by atoms with Crippen LogP contribution < -0.4 is 5.56 Å². The lowest BCUT2D eigenvalue weighted by Crippen LogP contribution is -2.42. The second kappa shape index (κ2) is 6.14. The molecule has 1 aromatic heterocycles. The Labute approximate surface area is 135 Å². The Hall–Kier alpha value is -2.17. The van der Waals surface area contributed by atoms with Gasteiger partial charge in [0.15, 0.2) is 0 Å². The van der Waals surface area contributed by atoms with E-state index < -0.39 is 0 Å². The molecule has 0 saturated heterocycles. The van der Waals surface area contributed by atoms with Gasteiger partial charge >= 0.3 is 0 Å². The van der Waals surface area contributed by atoms with E-state index in [0.717, 1.165) is 12.1 Å². The van der Waals surface area contributed by atoms with Gasteiger partial charge < -0.3 is 4.90 Å². The van der Waals surface area contributed by atoms with Crippen molar-refractivity contribution in [3.05, 3.63) is 40.8 Å². The minimum absolute atomic E-state index is 0.00227. The predicted octanol–water partition coefficient (Wildman–Crippen LogP) is 2.29. The van der Waals surface area contributed by atoms with Crippen molar-refractivity contribution < 1.29 is 4.79 Å². The van der Waals surface area contributed by atoms with E-state index in [1.165, 1.54) is 17.2 Å². The highest BCUT2D eigenvalue weighted by atomic mass is 16.2. The minimum atomic E-state index is -0.236. The van der Waals surface area contributed by atoms with E-state index in [2.05, 4.69) is 11.9 Å². The van der Waals surface area contributed by atoms with Crippen molar-refractivity contribution in [2.75, 3.05) is 6.54 Å². The summed E-state index contributed by atoms with van der Waals surface area (Å²) in [5, 5.41) is 0. The van der Waals surface area contributed by atoms with E-state index in [1.807, 2.05) is 43.0 Å². The molecule has 2 atom stereocenters. The molecule has 0 bridgehead atoms. The van der Waals surface area contributed by atoms with E-state index >= 15 is 0 Å². The van der Waals surface area contributed by atoms with Gasteiger partial charge in [-0.15, -0.1) is 0 Å². The maximum Gasteiger partial charge on any atom is 0.269 e. The summed E-state index contributed by atoms with van der Waals surface area (Å²) in [4.78, 5) is 31.0. The second-order valence-corrected chi connectivity index (χ2v) is 6.78. The molecule has 1 heterocycles. The molecule has 122 valence electrons. The Bertz CT molecular complexity index is 781. The number of amides is 1. The molecule has 23 heavy (non-hydrogen) atoms. The molecule has 3 rings (SSSR count). The van der Waals surface area contributed by atoms with Crippen molar-refractivity contribution in [1.82, 2.24) is 14.5 Å². The first-order valence-corrected chi connectivity index (χ1v) is 8.21. The quantitative estimate of drug-likeness (QED) is 0.851. The largest absolute Gasteiger partial charge is 0.338 e. The molecule has 0 N–H and O–H groups in total. The highest BCUT2D eigenvalue weighted by Crippen LogP contribution is 2.38. The number of aromatic nitrogens is 2. The zero-order valence-electron chi connectivity index (χ0n) is 13.9. The number of nitrogens with zero attached hydrogens (tertiary/aromatic N) is 3. The molecule has 2 unspecified atom stereocenters. The molecule has 1 aromatic carbocycles. The SMILES string of the molecule is CC1CC1CN(C(=O)Cn1c(=O)cnc2ccccc21)C(C)C. The number of fused-ring (bicyclic) bond motifs is 1. The van der Waals surface area contributed by atoms with Crippen LogP contribution in [0.5, 0.6) is 0 Å². The van der Waals surface area contributed by atoms with Gasteiger partial charge in [0, 0.05) is 12.6 Å².